The summed E-state index contributed by atoms with van der Waals surface area (Å²) >= 11 is 0.359. The summed E-state index contributed by atoms with van der Waals surface area (Å²) in [6, 6.07) is 15.7. The maximum absolute atomic E-state index is 13.0. The Kier molecular flexibility index (Phi) is 5.45. The zero-order valence-electron chi connectivity index (χ0n) is 13.7. The van der Waals surface area contributed by atoms with E-state index in [1.165, 1.54) is 24.3 Å². The third kappa shape index (κ3) is 5.12. The van der Waals surface area contributed by atoms with Crippen LogP contribution in [0.1, 0.15) is 0 Å². The Hall–Kier alpha value is -2.82. The number of para-hydroxylation sites is 2. The predicted molar refractivity (Wildman–Crippen MR) is 97.0 cm³/mol. The number of alkyl halides is 6. The van der Waals surface area contributed by atoms with Gasteiger partial charge in [0.1, 0.15) is 0 Å². The molecule has 3 rings (SSSR count). The summed E-state index contributed by atoms with van der Waals surface area (Å²) in [5.74, 6) is -0.990. The second-order valence-corrected chi connectivity index (χ2v) is 6.25. The highest BCUT2D eigenvalue weighted by molar-refractivity contribution is 8.29. The number of rotatable bonds is 2. The third-order valence-electron chi connectivity index (χ3n) is 3.24. The van der Waals surface area contributed by atoms with Crippen molar-refractivity contribution in [3.8, 4) is 0 Å². The second-order valence-electron chi connectivity index (χ2n) is 5.29. The molecule has 2 aromatic carbocycles. The number of aliphatic imine (C=N–C) groups is 3. The van der Waals surface area contributed by atoms with E-state index < -0.39 is 23.5 Å². The van der Waals surface area contributed by atoms with Crippen molar-refractivity contribution in [3.05, 3.63) is 60.7 Å². The van der Waals surface area contributed by atoms with Crippen LogP contribution in [-0.2, 0) is 0 Å². The zero-order valence-corrected chi connectivity index (χ0v) is 14.6. The standard InChI is InChI=1S/C17H10F6N4S/c18-16(19,20)25-13-14(26-17(21,22)23)28-15(24-11-7-3-1-4-8-11)27(13)12-9-5-2-6-10-12/h1-10H/b24-15?,25-13+,26-14+. The van der Waals surface area contributed by atoms with Crippen molar-refractivity contribution in [2.24, 2.45) is 15.0 Å². The number of hydrogen-bond acceptors (Lipinski definition) is 4. The summed E-state index contributed by atoms with van der Waals surface area (Å²) in [4.78, 5) is 10.1. The highest BCUT2D eigenvalue weighted by atomic mass is 32.2. The number of thioether (sulfide) groups is 1. The molecule has 1 saturated heterocycles. The molecule has 0 spiro atoms. The molecule has 4 nitrogen and oxygen atoms in total. The van der Waals surface area contributed by atoms with Gasteiger partial charge >= 0.3 is 12.6 Å². The lowest BCUT2D eigenvalue weighted by molar-refractivity contribution is -0.121. The van der Waals surface area contributed by atoms with E-state index in [0.717, 1.165) is 4.90 Å². The molecule has 1 fully saturated rings. The van der Waals surface area contributed by atoms with Crippen LogP contribution in [0.5, 0.6) is 0 Å². The monoisotopic (exact) mass is 416 g/mol. The van der Waals surface area contributed by atoms with E-state index in [1.807, 2.05) is 0 Å². The molecular formula is C17H10F6N4S. The van der Waals surface area contributed by atoms with Crippen molar-refractivity contribution in [2.45, 2.75) is 12.6 Å². The van der Waals surface area contributed by atoms with E-state index in [4.69, 9.17) is 0 Å². The Bertz CT molecular complexity index is 920. The molecule has 0 aromatic heterocycles. The highest BCUT2D eigenvalue weighted by Gasteiger charge is 2.41. The number of hydrogen-bond donors (Lipinski definition) is 0. The molecule has 28 heavy (non-hydrogen) atoms. The maximum Gasteiger partial charge on any atom is 0.505 e. The molecule has 0 aliphatic carbocycles. The largest absolute Gasteiger partial charge is 0.505 e. The van der Waals surface area contributed by atoms with E-state index in [9.17, 15) is 26.3 Å². The number of anilines is 1. The molecule has 0 bridgehead atoms. The molecule has 0 N–H and O–H groups in total. The minimum absolute atomic E-state index is 0.136. The molecule has 2 aromatic rings. The van der Waals surface area contributed by atoms with Crippen LogP contribution in [0, 0.1) is 0 Å². The first kappa shape index (κ1) is 19.9. The zero-order chi connectivity index (χ0) is 20.4. The topological polar surface area (TPSA) is 40.3 Å². The fraction of sp³-hybridized carbons (Fsp3) is 0.118. The van der Waals surface area contributed by atoms with Crippen molar-refractivity contribution in [1.29, 1.82) is 0 Å². The quantitative estimate of drug-likeness (QED) is 0.461. The van der Waals surface area contributed by atoms with Crippen LogP contribution in [0.2, 0.25) is 0 Å². The van der Waals surface area contributed by atoms with Gasteiger partial charge in [0.2, 0.25) is 0 Å². The Labute approximate surface area is 159 Å². The first-order valence-corrected chi connectivity index (χ1v) is 8.44. The molecule has 1 aliphatic rings. The summed E-state index contributed by atoms with van der Waals surface area (Å²) < 4.78 is 77.3. The Morgan fingerprint density at radius 2 is 1.25 bits per heavy atom. The Morgan fingerprint density at radius 1 is 0.714 bits per heavy atom. The average Bonchev–Trinajstić information content (AvgIpc) is 2.90. The smallest absolute Gasteiger partial charge is 0.271 e. The minimum atomic E-state index is -5.10. The lowest BCUT2D eigenvalue weighted by Crippen LogP contribution is -2.33. The van der Waals surface area contributed by atoms with Gasteiger partial charge in [-0.3, -0.25) is 4.90 Å². The number of halogens is 6. The van der Waals surface area contributed by atoms with Crippen molar-refractivity contribution in [3.63, 3.8) is 0 Å². The summed E-state index contributed by atoms with van der Waals surface area (Å²) in [6.07, 6.45) is -10.2. The van der Waals surface area contributed by atoms with Gasteiger partial charge in [-0.1, -0.05) is 36.4 Å². The van der Waals surface area contributed by atoms with Crippen molar-refractivity contribution < 1.29 is 26.3 Å². The first-order chi connectivity index (χ1) is 13.1. The van der Waals surface area contributed by atoms with Crippen LogP contribution in [-0.4, -0.2) is 28.6 Å². The molecule has 0 radical (unpaired) electrons. The lowest BCUT2D eigenvalue weighted by atomic mass is 10.3. The van der Waals surface area contributed by atoms with Crippen molar-refractivity contribution in [2.75, 3.05) is 4.90 Å². The van der Waals surface area contributed by atoms with Crippen molar-refractivity contribution >= 4 is 39.2 Å². The summed E-state index contributed by atoms with van der Waals surface area (Å²) in [6.45, 7) is 0. The van der Waals surface area contributed by atoms with Gasteiger partial charge in [-0.2, -0.15) is 9.98 Å². The molecule has 146 valence electrons. The lowest BCUT2D eigenvalue weighted by Gasteiger charge is -2.19. The van der Waals surface area contributed by atoms with Gasteiger partial charge in [0.15, 0.2) is 16.0 Å². The van der Waals surface area contributed by atoms with Crippen LogP contribution < -0.4 is 4.90 Å². The molecule has 0 saturated carbocycles. The van der Waals surface area contributed by atoms with Gasteiger partial charge in [-0.25, -0.2) is 4.99 Å². The summed E-state index contributed by atoms with van der Waals surface area (Å²) in [5, 5.41) is -1.08. The number of nitrogens with zero attached hydrogens (tertiary/aromatic N) is 4. The summed E-state index contributed by atoms with van der Waals surface area (Å²) in [5.41, 5.74) is 0.519. The highest BCUT2D eigenvalue weighted by Crippen LogP contribution is 2.35. The van der Waals surface area contributed by atoms with Gasteiger partial charge in [0.05, 0.1) is 5.69 Å². The molecule has 0 unspecified atom stereocenters. The molecule has 1 heterocycles. The maximum atomic E-state index is 13.0. The van der Waals surface area contributed by atoms with Crippen LogP contribution in [0.25, 0.3) is 0 Å². The van der Waals surface area contributed by atoms with Crippen LogP contribution in [0.4, 0.5) is 37.7 Å². The number of amidine groups is 2. The second kappa shape index (κ2) is 7.66. The number of benzene rings is 2. The first-order valence-electron chi connectivity index (χ1n) is 7.63. The van der Waals surface area contributed by atoms with Crippen LogP contribution in [0.3, 0.4) is 0 Å². The Balaban J connectivity index is 2.20. The third-order valence-corrected chi connectivity index (χ3v) is 4.16. The van der Waals surface area contributed by atoms with Gasteiger partial charge in [0, 0.05) is 5.69 Å². The van der Waals surface area contributed by atoms with Crippen LogP contribution >= 0.6 is 11.8 Å². The molecule has 0 atom stereocenters. The minimum Gasteiger partial charge on any atom is -0.271 e. The Morgan fingerprint density at radius 3 is 1.79 bits per heavy atom. The molecule has 1 aliphatic heterocycles. The van der Waals surface area contributed by atoms with E-state index in [2.05, 4.69) is 15.0 Å². The van der Waals surface area contributed by atoms with Crippen molar-refractivity contribution in [1.82, 2.24) is 0 Å². The van der Waals surface area contributed by atoms with E-state index >= 15 is 0 Å². The van der Waals surface area contributed by atoms with Crippen LogP contribution in [0.15, 0.2) is 75.6 Å². The molecule has 0 amide bonds. The van der Waals surface area contributed by atoms with E-state index in [0.29, 0.717) is 17.4 Å². The fourth-order valence-corrected chi connectivity index (χ4v) is 3.25. The van der Waals surface area contributed by atoms with Gasteiger partial charge in [-0.15, -0.1) is 26.3 Å². The van der Waals surface area contributed by atoms with Gasteiger partial charge in [0.25, 0.3) is 0 Å². The molecule has 11 heteroatoms. The predicted octanol–water partition coefficient (Wildman–Crippen LogP) is 5.76. The molecular weight excluding hydrogens is 406 g/mol. The summed E-state index contributed by atoms with van der Waals surface area (Å²) in [7, 11) is 0. The SMILES string of the molecule is FC(F)(F)/N=C1/SC(=Nc2ccccc2)N(c2ccccc2)/C1=N/C(F)(F)F. The van der Waals surface area contributed by atoms with Gasteiger partial charge in [-0.05, 0) is 36.0 Å². The normalized spacial score (nSPS) is 19.8. The van der Waals surface area contributed by atoms with Gasteiger partial charge < -0.3 is 0 Å². The fourth-order valence-electron chi connectivity index (χ4n) is 2.27. The average molecular weight is 416 g/mol. The van der Waals surface area contributed by atoms with E-state index in [1.54, 1.807) is 36.4 Å². The van der Waals surface area contributed by atoms with E-state index in [-0.39, 0.29) is 10.9 Å².